The largest absolute Gasteiger partial charge is 0.493 e. The molecule has 1 amide bonds. The minimum atomic E-state index is -0.0724. The molecule has 0 heterocycles. The molecule has 0 saturated carbocycles. The molecule has 0 aromatic heterocycles. The normalized spacial score (nSPS) is 10.3. The summed E-state index contributed by atoms with van der Waals surface area (Å²) in [5.41, 5.74) is 1.63. The Morgan fingerprint density at radius 3 is 2.29 bits per heavy atom. The summed E-state index contributed by atoms with van der Waals surface area (Å²) < 4.78 is 15.6. The van der Waals surface area contributed by atoms with Crippen molar-refractivity contribution < 1.29 is 19.0 Å². The Hall–Kier alpha value is -2.53. The highest BCUT2D eigenvalue weighted by atomic mass is 16.5. The van der Waals surface area contributed by atoms with Crippen LogP contribution in [0.25, 0.3) is 0 Å². The summed E-state index contributed by atoms with van der Waals surface area (Å²) in [6, 6.07) is 15.1. The number of rotatable bonds is 8. The van der Waals surface area contributed by atoms with Gasteiger partial charge in [0.25, 0.3) is 5.91 Å². The molecule has 0 fully saturated rings. The molecule has 0 radical (unpaired) electrons. The van der Waals surface area contributed by atoms with Gasteiger partial charge >= 0.3 is 0 Å². The summed E-state index contributed by atoms with van der Waals surface area (Å²) in [7, 11) is 4.75. The van der Waals surface area contributed by atoms with E-state index in [2.05, 4.69) is 0 Å². The Balaban J connectivity index is 2.23. The Bertz CT molecular complexity index is 658. The molecule has 5 nitrogen and oxygen atoms in total. The van der Waals surface area contributed by atoms with Crippen LogP contribution in [0.4, 0.5) is 0 Å². The number of nitrogens with zero attached hydrogens (tertiary/aromatic N) is 1. The third-order valence-electron chi connectivity index (χ3n) is 3.70. The average molecular weight is 329 g/mol. The Kier molecular flexibility index (Phi) is 6.63. The van der Waals surface area contributed by atoms with Gasteiger partial charge in [-0.05, 0) is 23.8 Å². The van der Waals surface area contributed by atoms with Crippen LogP contribution in [0.3, 0.4) is 0 Å². The predicted octanol–water partition coefficient (Wildman–Crippen LogP) is 2.99. The highest BCUT2D eigenvalue weighted by Gasteiger charge is 2.18. The number of hydrogen-bond donors (Lipinski definition) is 0. The highest BCUT2D eigenvalue weighted by molar-refractivity contribution is 5.95. The van der Waals surface area contributed by atoms with Gasteiger partial charge in [0.2, 0.25) is 0 Å². The van der Waals surface area contributed by atoms with E-state index in [-0.39, 0.29) is 5.91 Å². The van der Waals surface area contributed by atoms with Gasteiger partial charge in [0.05, 0.1) is 20.8 Å². The predicted molar refractivity (Wildman–Crippen MR) is 92.6 cm³/mol. The number of carbonyl (C=O) groups excluding carboxylic acids is 1. The molecular formula is C19H23NO4. The Morgan fingerprint density at radius 1 is 0.958 bits per heavy atom. The molecule has 0 spiro atoms. The quantitative estimate of drug-likeness (QED) is 0.747. The van der Waals surface area contributed by atoms with Crippen LogP contribution in [0.1, 0.15) is 15.9 Å². The summed E-state index contributed by atoms with van der Waals surface area (Å²) in [5, 5.41) is 0. The Labute approximate surface area is 142 Å². The van der Waals surface area contributed by atoms with Gasteiger partial charge in [-0.3, -0.25) is 4.79 Å². The van der Waals surface area contributed by atoms with Gasteiger partial charge in [0, 0.05) is 25.8 Å². The van der Waals surface area contributed by atoms with E-state index in [1.807, 2.05) is 30.3 Å². The zero-order chi connectivity index (χ0) is 17.4. The molecule has 24 heavy (non-hydrogen) atoms. The lowest BCUT2D eigenvalue weighted by molar-refractivity contribution is 0.0680. The van der Waals surface area contributed by atoms with Gasteiger partial charge < -0.3 is 19.1 Å². The second-order valence-corrected chi connectivity index (χ2v) is 5.27. The number of carbonyl (C=O) groups is 1. The van der Waals surface area contributed by atoms with Crippen LogP contribution in [-0.2, 0) is 11.3 Å². The molecule has 0 aliphatic heterocycles. The number of methoxy groups -OCH3 is 3. The first-order valence-electron chi connectivity index (χ1n) is 7.73. The van der Waals surface area contributed by atoms with Gasteiger partial charge in [-0.2, -0.15) is 0 Å². The van der Waals surface area contributed by atoms with E-state index in [9.17, 15) is 4.79 Å². The van der Waals surface area contributed by atoms with Crippen LogP contribution in [-0.4, -0.2) is 45.3 Å². The molecule has 2 aromatic rings. The topological polar surface area (TPSA) is 48.0 Å². The fourth-order valence-electron chi connectivity index (χ4n) is 2.41. The lowest BCUT2D eigenvalue weighted by atomic mass is 10.1. The standard InChI is InChI=1S/C19H23NO4/c1-22-12-11-20(14-15-7-5-4-6-8-15)19(21)16-9-10-17(23-2)18(13-16)24-3/h4-10,13H,11-12,14H2,1-3H3. The molecule has 0 aliphatic rings. The first-order valence-corrected chi connectivity index (χ1v) is 7.73. The van der Waals surface area contributed by atoms with E-state index in [4.69, 9.17) is 14.2 Å². The van der Waals surface area contributed by atoms with Crippen molar-refractivity contribution in [1.82, 2.24) is 4.90 Å². The zero-order valence-electron chi connectivity index (χ0n) is 14.3. The molecule has 128 valence electrons. The van der Waals surface area contributed by atoms with E-state index >= 15 is 0 Å². The molecule has 2 rings (SSSR count). The number of amides is 1. The summed E-state index contributed by atoms with van der Waals surface area (Å²) in [6.07, 6.45) is 0. The summed E-state index contributed by atoms with van der Waals surface area (Å²) in [5.74, 6) is 1.06. The third-order valence-corrected chi connectivity index (χ3v) is 3.70. The lowest BCUT2D eigenvalue weighted by Gasteiger charge is -2.23. The molecular weight excluding hydrogens is 306 g/mol. The lowest BCUT2D eigenvalue weighted by Crippen LogP contribution is -2.33. The molecule has 0 saturated heterocycles. The van der Waals surface area contributed by atoms with E-state index in [0.717, 1.165) is 5.56 Å². The second-order valence-electron chi connectivity index (χ2n) is 5.27. The molecule has 0 N–H and O–H groups in total. The maximum Gasteiger partial charge on any atom is 0.254 e. The van der Waals surface area contributed by atoms with Crippen molar-refractivity contribution in [2.75, 3.05) is 34.5 Å². The van der Waals surface area contributed by atoms with Crippen molar-refractivity contribution in [3.05, 3.63) is 59.7 Å². The summed E-state index contributed by atoms with van der Waals surface area (Å²) >= 11 is 0. The first-order chi connectivity index (χ1) is 11.7. The van der Waals surface area contributed by atoms with Crippen LogP contribution < -0.4 is 9.47 Å². The fraction of sp³-hybridized carbons (Fsp3) is 0.316. The average Bonchev–Trinajstić information content (AvgIpc) is 2.64. The zero-order valence-corrected chi connectivity index (χ0v) is 14.3. The molecule has 0 unspecified atom stereocenters. The molecule has 0 aliphatic carbocycles. The van der Waals surface area contributed by atoms with Crippen LogP contribution in [0, 0.1) is 0 Å². The van der Waals surface area contributed by atoms with Crippen molar-refractivity contribution in [3.8, 4) is 11.5 Å². The van der Waals surface area contributed by atoms with Gasteiger partial charge in [-0.25, -0.2) is 0 Å². The number of ether oxygens (including phenoxy) is 3. The number of benzene rings is 2. The number of hydrogen-bond acceptors (Lipinski definition) is 4. The van der Waals surface area contributed by atoms with Crippen LogP contribution >= 0.6 is 0 Å². The maximum absolute atomic E-state index is 12.9. The smallest absolute Gasteiger partial charge is 0.254 e. The van der Waals surface area contributed by atoms with Crippen molar-refractivity contribution in [1.29, 1.82) is 0 Å². The van der Waals surface area contributed by atoms with Crippen molar-refractivity contribution in [2.45, 2.75) is 6.54 Å². The van der Waals surface area contributed by atoms with Crippen LogP contribution in [0.15, 0.2) is 48.5 Å². The van der Waals surface area contributed by atoms with Crippen molar-refractivity contribution in [2.24, 2.45) is 0 Å². The fourth-order valence-corrected chi connectivity index (χ4v) is 2.41. The van der Waals surface area contributed by atoms with Gasteiger partial charge in [0.1, 0.15) is 0 Å². The van der Waals surface area contributed by atoms with Crippen molar-refractivity contribution >= 4 is 5.91 Å². The van der Waals surface area contributed by atoms with Gasteiger partial charge in [-0.15, -0.1) is 0 Å². The van der Waals surface area contributed by atoms with Gasteiger partial charge in [0.15, 0.2) is 11.5 Å². The third kappa shape index (κ3) is 4.49. The SMILES string of the molecule is COCCN(Cc1ccccc1)C(=O)c1ccc(OC)c(OC)c1. The van der Waals surface area contributed by atoms with Gasteiger partial charge in [-0.1, -0.05) is 30.3 Å². The van der Waals surface area contributed by atoms with E-state index in [1.165, 1.54) is 0 Å². The van der Waals surface area contributed by atoms with E-state index in [0.29, 0.717) is 36.8 Å². The summed E-state index contributed by atoms with van der Waals surface area (Å²) in [6.45, 7) is 1.52. The minimum absolute atomic E-state index is 0.0724. The minimum Gasteiger partial charge on any atom is -0.493 e. The summed E-state index contributed by atoms with van der Waals surface area (Å²) in [4.78, 5) is 14.7. The van der Waals surface area contributed by atoms with Crippen LogP contribution in [0.2, 0.25) is 0 Å². The maximum atomic E-state index is 12.9. The van der Waals surface area contributed by atoms with E-state index in [1.54, 1.807) is 44.4 Å². The molecule has 0 atom stereocenters. The molecule has 0 bridgehead atoms. The van der Waals surface area contributed by atoms with Crippen molar-refractivity contribution in [3.63, 3.8) is 0 Å². The monoisotopic (exact) mass is 329 g/mol. The Morgan fingerprint density at radius 2 is 1.67 bits per heavy atom. The van der Waals surface area contributed by atoms with E-state index < -0.39 is 0 Å². The molecule has 2 aromatic carbocycles. The van der Waals surface area contributed by atoms with Crippen LogP contribution in [0.5, 0.6) is 11.5 Å². The second kappa shape index (κ2) is 8.93. The highest BCUT2D eigenvalue weighted by Crippen LogP contribution is 2.28. The first kappa shape index (κ1) is 17.8. The molecule has 5 heteroatoms.